The van der Waals surface area contributed by atoms with Crippen molar-refractivity contribution in [1.29, 1.82) is 0 Å². The average molecular weight is 315 g/mol. The second-order valence-electron chi connectivity index (χ2n) is 6.45. The summed E-state index contributed by atoms with van der Waals surface area (Å²) in [6.45, 7) is 8.56. The number of aromatic nitrogens is 2. The minimum absolute atomic E-state index is 0.864. The number of piperazine rings is 1. The minimum atomic E-state index is 0.864. The van der Waals surface area contributed by atoms with Crippen LogP contribution in [0.1, 0.15) is 39.0 Å². The van der Waals surface area contributed by atoms with E-state index in [1.165, 1.54) is 25.7 Å². The maximum atomic E-state index is 4.70. The van der Waals surface area contributed by atoms with E-state index < -0.39 is 0 Å². The fourth-order valence-corrected chi connectivity index (χ4v) is 3.35. The molecule has 23 heavy (non-hydrogen) atoms. The van der Waals surface area contributed by atoms with Crippen molar-refractivity contribution in [2.45, 2.75) is 39.0 Å². The summed E-state index contributed by atoms with van der Waals surface area (Å²) in [5, 5.41) is 3.46. The van der Waals surface area contributed by atoms with Gasteiger partial charge in [-0.1, -0.05) is 18.6 Å². The van der Waals surface area contributed by atoms with Crippen LogP contribution >= 0.6 is 0 Å². The van der Waals surface area contributed by atoms with Crippen molar-refractivity contribution in [3.63, 3.8) is 0 Å². The first-order valence-electron chi connectivity index (χ1n) is 9.07. The van der Waals surface area contributed by atoms with Gasteiger partial charge in [0.15, 0.2) is 0 Å². The molecule has 2 heterocycles. The van der Waals surface area contributed by atoms with E-state index in [9.17, 15) is 0 Å². The van der Waals surface area contributed by atoms with E-state index in [0.717, 1.165) is 57.5 Å². The van der Waals surface area contributed by atoms with Gasteiger partial charge in [0.05, 0.1) is 0 Å². The molecular weight excluding hydrogens is 286 g/mol. The van der Waals surface area contributed by atoms with E-state index in [4.69, 9.17) is 4.98 Å². The highest BCUT2D eigenvalue weighted by atomic mass is 15.3. The lowest BCUT2D eigenvalue weighted by Gasteiger charge is -2.34. The van der Waals surface area contributed by atoms with Crippen LogP contribution in [-0.4, -0.2) is 54.1 Å². The Balaban J connectivity index is 1.50. The fraction of sp³-hybridized carbons (Fsp3) is 0.667. The summed E-state index contributed by atoms with van der Waals surface area (Å²) in [6, 6.07) is 1.97. The lowest BCUT2D eigenvalue weighted by molar-refractivity contribution is 0.270. The van der Waals surface area contributed by atoms with Gasteiger partial charge in [0.25, 0.3) is 0 Å². The number of hydrogen-bond donors (Lipinski definition) is 1. The van der Waals surface area contributed by atoms with Crippen LogP contribution in [0.3, 0.4) is 0 Å². The van der Waals surface area contributed by atoms with Crippen LogP contribution < -0.4 is 10.2 Å². The molecule has 0 spiro atoms. The van der Waals surface area contributed by atoms with Gasteiger partial charge in [-0.3, -0.25) is 0 Å². The molecule has 2 aliphatic rings. The van der Waals surface area contributed by atoms with Gasteiger partial charge < -0.3 is 15.1 Å². The summed E-state index contributed by atoms with van der Waals surface area (Å²) in [5.74, 6) is 1.81. The SMILES string of the molecule is CCN1CCN(c2nccc(NCCC3=CCCCC3)n2)CC1. The molecule has 0 radical (unpaired) electrons. The molecule has 0 unspecified atom stereocenters. The Kier molecular flexibility index (Phi) is 5.86. The van der Waals surface area contributed by atoms with Crippen molar-refractivity contribution < 1.29 is 0 Å². The topological polar surface area (TPSA) is 44.3 Å². The van der Waals surface area contributed by atoms with E-state index in [0.29, 0.717) is 0 Å². The van der Waals surface area contributed by atoms with E-state index in [1.807, 2.05) is 12.3 Å². The van der Waals surface area contributed by atoms with E-state index in [-0.39, 0.29) is 0 Å². The van der Waals surface area contributed by atoms with Crippen LogP contribution in [0.25, 0.3) is 0 Å². The molecule has 1 saturated heterocycles. The van der Waals surface area contributed by atoms with Crippen molar-refractivity contribution in [1.82, 2.24) is 14.9 Å². The third kappa shape index (κ3) is 4.67. The standard InChI is InChI=1S/C18H29N5/c1-2-22-12-14-23(15-13-22)18-20-11-9-17(21-18)19-10-8-16-6-4-3-5-7-16/h6,9,11H,2-5,7-8,10,12-15H2,1H3,(H,19,20,21). The van der Waals surface area contributed by atoms with E-state index in [2.05, 4.69) is 33.1 Å². The van der Waals surface area contributed by atoms with Gasteiger partial charge in [-0.25, -0.2) is 4.98 Å². The Morgan fingerprint density at radius 3 is 2.78 bits per heavy atom. The van der Waals surface area contributed by atoms with Gasteiger partial charge in [-0.2, -0.15) is 4.98 Å². The number of anilines is 2. The Bertz CT molecular complexity index is 520. The lowest BCUT2D eigenvalue weighted by atomic mass is 9.97. The monoisotopic (exact) mass is 315 g/mol. The summed E-state index contributed by atoms with van der Waals surface area (Å²) in [4.78, 5) is 13.9. The van der Waals surface area contributed by atoms with Crippen molar-refractivity contribution >= 4 is 11.8 Å². The van der Waals surface area contributed by atoms with Crippen molar-refractivity contribution in [2.24, 2.45) is 0 Å². The molecule has 5 nitrogen and oxygen atoms in total. The van der Waals surface area contributed by atoms with Gasteiger partial charge in [-0.15, -0.1) is 0 Å². The predicted octanol–water partition coefficient (Wildman–Crippen LogP) is 2.92. The zero-order chi connectivity index (χ0) is 15.9. The molecule has 0 aromatic carbocycles. The van der Waals surface area contributed by atoms with Gasteiger partial charge in [0.2, 0.25) is 5.95 Å². The predicted molar refractivity (Wildman–Crippen MR) is 96.0 cm³/mol. The van der Waals surface area contributed by atoms with Crippen molar-refractivity contribution in [2.75, 3.05) is 49.5 Å². The van der Waals surface area contributed by atoms with E-state index in [1.54, 1.807) is 5.57 Å². The second kappa shape index (κ2) is 8.29. The molecule has 0 bridgehead atoms. The lowest BCUT2D eigenvalue weighted by Crippen LogP contribution is -2.46. The van der Waals surface area contributed by atoms with Crippen LogP contribution in [0.5, 0.6) is 0 Å². The van der Waals surface area contributed by atoms with Gasteiger partial charge in [-0.05, 0) is 44.7 Å². The Hall–Kier alpha value is -1.62. The number of hydrogen-bond acceptors (Lipinski definition) is 5. The number of rotatable bonds is 6. The number of likely N-dealkylation sites (N-methyl/N-ethyl adjacent to an activating group) is 1. The zero-order valence-electron chi connectivity index (χ0n) is 14.3. The molecule has 1 aliphatic carbocycles. The first kappa shape index (κ1) is 16.2. The third-order valence-electron chi connectivity index (χ3n) is 4.88. The normalized spacial score (nSPS) is 19.5. The molecule has 3 rings (SSSR count). The molecular formula is C18H29N5. The largest absolute Gasteiger partial charge is 0.370 e. The molecule has 1 aliphatic heterocycles. The molecule has 1 aromatic rings. The second-order valence-corrected chi connectivity index (χ2v) is 6.45. The molecule has 1 fully saturated rings. The van der Waals surface area contributed by atoms with Crippen molar-refractivity contribution in [3.05, 3.63) is 23.9 Å². The number of nitrogens with one attached hydrogen (secondary N) is 1. The van der Waals surface area contributed by atoms with E-state index >= 15 is 0 Å². The minimum Gasteiger partial charge on any atom is -0.370 e. The zero-order valence-corrected chi connectivity index (χ0v) is 14.3. The van der Waals surface area contributed by atoms with Crippen molar-refractivity contribution in [3.8, 4) is 0 Å². The Morgan fingerprint density at radius 1 is 1.17 bits per heavy atom. The summed E-state index contributed by atoms with van der Waals surface area (Å²) in [6.07, 6.45) is 10.7. The summed E-state index contributed by atoms with van der Waals surface area (Å²) >= 11 is 0. The van der Waals surface area contributed by atoms with Crippen LogP contribution in [0.2, 0.25) is 0 Å². The van der Waals surface area contributed by atoms with Crippen LogP contribution in [0.15, 0.2) is 23.9 Å². The molecule has 5 heteroatoms. The average Bonchev–Trinajstić information content (AvgIpc) is 2.63. The smallest absolute Gasteiger partial charge is 0.227 e. The van der Waals surface area contributed by atoms with Crippen LogP contribution in [0, 0.1) is 0 Å². The first-order valence-corrected chi connectivity index (χ1v) is 9.07. The van der Waals surface area contributed by atoms with Crippen LogP contribution in [-0.2, 0) is 0 Å². The Labute approximate surface area is 139 Å². The molecule has 0 amide bonds. The summed E-state index contributed by atoms with van der Waals surface area (Å²) in [5.41, 5.74) is 1.61. The number of nitrogens with zero attached hydrogens (tertiary/aromatic N) is 4. The molecule has 0 atom stereocenters. The molecule has 126 valence electrons. The summed E-state index contributed by atoms with van der Waals surface area (Å²) < 4.78 is 0. The highest BCUT2D eigenvalue weighted by Gasteiger charge is 2.17. The van der Waals surface area contributed by atoms with Gasteiger partial charge >= 0.3 is 0 Å². The first-order chi connectivity index (χ1) is 11.3. The quantitative estimate of drug-likeness (QED) is 0.818. The molecule has 1 aromatic heterocycles. The van der Waals surface area contributed by atoms with Crippen LogP contribution in [0.4, 0.5) is 11.8 Å². The highest BCUT2D eigenvalue weighted by molar-refractivity contribution is 5.41. The molecule has 1 N–H and O–H groups in total. The maximum Gasteiger partial charge on any atom is 0.227 e. The van der Waals surface area contributed by atoms with Gasteiger partial charge in [0.1, 0.15) is 5.82 Å². The number of allylic oxidation sites excluding steroid dienone is 1. The Morgan fingerprint density at radius 2 is 2.04 bits per heavy atom. The summed E-state index contributed by atoms with van der Waals surface area (Å²) in [7, 11) is 0. The fourth-order valence-electron chi connectivity index (χ4n) is 3.35. The third-order valence-corrected chi connectivity index (χ3v) is 4.88. The molecule has 0 saturated carbocycles. The highest BCUT2D eigenvalue weighted by Crippen LogP contribution is 2.20. The maximum absolute atomic E-state index is 4.70. The van der Waals surface area contributed by atoms with Gasteiger partial charge in [0, 0.05) is 38.9 Å².